The van der Waals surface area contributed by atoms with E-state index in [-0.39, 0.29) is 0 Å². The summed E-state index contributed by atoms with van der Waals surface area (Å²) in [4.78, 5) is 4.71. The second-order valence-corrected chi connectivity index (χ2v) is 5.10. The molecular weight excluding hydrogens is 278 g/mol. The quantitative estimate of drug-likeness (QED) is 0.870. The fourth-order valence-corrected chi connectivity index (χ4v) is 2.70. The molecule has 4 heteroatoms. The molecule has 0 bridgehead atoms. The number of rotatable bonds is 4. The minimum absolute atomic E-state index is 0.762. The van der Waals surface area contributed by atoms with Gasteiger partial charge in [0.25, 0.3) is 0 Å². The molecule has 22 heavy (non-hydrogen) atoms. The highest BCUT2D eigenvalue weighted by atomic mass is 16.5. The number of aliphatic imine (C=N–C) groups is 1. The van der Waals surface area contributed by atoms with Gasteiger partial charge in [-0.25, -0.2) is 0 Å². The lowest BCUT2D eigenvalue weighted by molar-refractivity contribution is 0.394. The molecule has 0 fully saturated rings. The Hall–Kier alpha value is -2.49. The number of nitrogens with zero attached hydrogens (tertiary/aromatic N) is 1. The van der Waals surface area contributed by atoms with Gasteiger partial charge in [-0.2, -0.15) is 0 Å². The van der Waals surface area contributed by atoms with Crippen molar-refractivity contribution in [3.8, 4) is 17.2 Å². The van der Waals surface area contributed by atoms with E-state index in [1.54, 1.807) is 21.3 Å². The topological polar surface area (TPSA) is 40.0 Å². The summed E-state index contributed by atoms with van der Waals surface area (Å²) in [5.74, 6) is 2.40. The van der Waals surface area contributed by atoms with Crippen LogP contribution >= 0.6 is 0 Å². The molecule has 1 aliphatic rings. The highest BCUT2D eigenvalue weighted by molar-refractivity contribution is 6.14. The summed E-state index contributed by atoms with van der Waals surface area (Å²) in [5.41, 5.74) is 4.37. The second kappa shape index (κ2) is 6.10. The molecule has 0 atom stereocenters. The number of hydrogen-bond donors (Lipinski definition) is 0. The Morgan fingerprint density at radius 2 is 1.50 bits per heavy atom. The fraction of sp³-hybridized carbons (Fsp3) is 0.278. The van der Waals surface area contributed by atoms with E-state index < -0.39 is 0 Å². The minimum atomic E-state index is 0.762. The van der Waals surface area contributed by atoms with Gasteiger partial charge in [0.1, 0.15) is 17.2 Å². The first kappa shape index (κ1) is 14.4. The molecule has 0 aliphatic carbocycles. The van der Waals surface area contributed by atoms with E-state index in [0.717, 1.165) is 47.1 Å². The highest BCUT2D eigenvalue weighted by Gasteiger charge is 2.18. The first-order valence-electron chi connectivity index (χ1n) is 7.20. The number of ether oxygens (including phenoxy) is 3. The van der Waals surface area contributed by atoms with Crippen molar-refractivity contribution in [3.63, 3.8) is 0 Å². The van der Waals surface area contributed by atoms with Gasteiger partial charge in [-0.3, -0.25) is 4.99 Å². The molecule has 114 valence electrons. The molecule has 3 rings (SSSR count). The van der Waals surface area contributed by atoms with Crippen LogP contribution in [0.25, 0.3) is 0 Å². The van der Waals surface area contributed by atoms with Crippen LogP contribution in [0.4, 0.5) is 0 Å². The highest BCUT2D eigenvalue weighted by Crippen LogP contribution is 2.29. The Morgan fingerprint density at radius 1 is 0.818 bits per heavy atom. The van der Waals surface area contributed by atoms with Gasteiger partial charge in [0.05, 0.1) is 27.0 Å². The Balaban J connectivity index is 2.08. The third-order valence-corrected chi connectivity index (χ3v) is 3.84. The summed E-state index contributed by atoms with van der Waals surface area (Å²) in [6.45, 7) is 0.773. The molecule has 2 aromatic rings. The van der Waals surface area contributed by atoms with Crippen LogP contribution in [-0.2, 0) is 6.42 Å². The lowest BCUT2D eigenvalue weighted by atomic mass is 9.93. The van der Waals surface area contributed by atoms with Crippen LogP contribution < -0.4 is 14.2 Å². The van der Waals surface area contributed by atoms with Crippen LogP contribution in [0, 0.1) is 0 Å². The summed E-state index contributed by atoms with van der Waals surface area (Å²) in [5, 5.41) is 0. The maximum Gasteiger partial charge on any atom is 0.123 e. The number of fused-ring (bicyclic) bond motifs is 1. The van der Waals surface area contributed by atoms with Gasteiger partial charge >= 0.3 is 0 Å². The molecule has 0 radical (unpaired) electrons. The monoisotopic (exact) mass is 297 g/mol. The molecule has 4 nitrogen and oxygen atoms in total. The van der Waals surface area contributed by atoms with Crippen LogP contribution in [0.5, 0.6) is 17.2 Å². The van der Waals surface area contributed by atoms with Crippen molar-refractivity contribution in [2.45, 2.75) is 6.42 Å². The second-order valence-electron chi connectivity index (χ2n) is 5.10. The lowest BCUT2D eigenvalue weighted by Gasteiger charge is -2.19. The number of methoxy groups -OCH3 is 3. The Bertz CT molecular complexity index is 700. The lowest BCUT2D eigenvalue weighted by Crippen LogP contribution is -2.14. The summed E-state index contributed by atoms with van der Waals surface area (Å²) < 4.78 is 16.0. The number of benzene rings is 2. The molecule has 0 aromatic heterocycles. The van der Waals surface area contributed by atoms with Gasteiger partial charge in [0, 0.05) is 23.7 Å². The van der Waals surface area contributed by atoms with Crippen LogP contribution in [-0.4, -0.2) is 33.6 Å². The predicted molar refractivity (Wildman–Crippen MR) is 86.8 cm³/mol. The fourth-order valence-electron chi connectivity index (χ4n) is 2.70. The maximum absolute atomic E-state index is 5.36. The van der Waals surface area contributed by atoms with Gasteiger partial charge in [-0.1, -0.05) is 0 Å². The molecule has 0 saturated carbocycles. The Labute approximate surface area is 130 Å². The molecule has 1 heterocycles. The van der Waals surface area contributed by atoms with E-state index in [9.17, 15) is 0 Å². The summed E-state index contributed by atoms with van der Waals surface area (Å²) in [6, 6.07) is 12.0. The van der Waals surface area contributed by atoms with Crippen molar-refractivity contribution in [2.24, 2.45) is 4.99 Å². The van der Waals surface area contributed by atoms with Crippen molar-refractivity contribution in [1.29, 1.82) is 0 Å². The van der Waals surface area contributed by atoms with Gasteiger partial charge in [0.15, 0.2) is 0 Å². The van der Waals surface area contributed by atoms with Gasteiger partial charge in [-0.15, -0.1) is 0 Å². The summed E-state index contributed by atoms with van der Waals surface area (Å²) in [6.07, 6.45) is 0.928. The molecule has 0 amide bonds. The van der Waals surface area contributed by atoms with E-state index in [0.29, 0.717) is 0 Å². The van der Waals surface area contributed by atoms with E-state index in [1.165, 1.54) is 5.56 Å². The maximum atomic E-state index is 5.36. The average molecular weight is 297 g/mol. The van der Waals surface area contributed by atoms with Crippen LogP contribution in [0.3, 0.4) is 0 Å². The SMILES string of the molecule is COc1cc(OC)cc(C2=NCCc3cc(OC)ccc32)c1. The Morgan fingerprint density at radius 3 is 2.14 bits per heavy atom. The predicted octanol–water partition coefficient (Wildman–Crippen LogP) is 3.11. The summed E-state index contributed by atoms with van der Waals surface area (Å²) >= 11 is 0. The molecule has 0 N–H and O–H groups in total. The third kappa shape index (κ3) is 2.64. The molecule has 2 aromatic carbocycles. The van der Waals surface area contributed by atoms with Gasteiger partial charge in [0.2, 0.25) is 0 Å². The normalized spacial score (nSPS) is 13.1. The van der Waals surface area contributed by atoms with Gasteiger partial charge < -0.3 is 14.2 Å². The van der Waals surface area contributed by atoms with E-state index in [4.69, 9.17) is 19.2 Å². The van der Waals surface area contributed by atoms with E-state index in [2.05, 4.69) is 12.1 Å². The van der Waals surface area contributed by atoms with E-state index in [1.807, 2.05) is 24.3 Å². The first-order valence-corrected chi connectivity index (χ1v) is 7.20. The molecule has 0 saturated heterocycles. The standard InChI is InChI=1S/C18H19NO3/c1-20-14-4-5-17-12(8-14)6-7-19-18(17)13-9-15(21-2)11-16(10-13)22-3/h4-5,8-11H,6-7H2,1-3H3. The van der Waals surface area contributed by atoms with Crippen LogP contribution in [0.2, 0.25) is 0 Å². The largest absolute Gasteiger partial charge is 0.497 e. The van der Waals surface area contributed by atoms with Crippen LogP contribution in [0.15, 0.2) is 41.4 Å². The zero-order valence-electron chi connectivity index (χ0n) is 13.1. The van der Waals surface area contributed by atoms with Crippen LogP contribution in [0.1, 0.15) is 16.7 Å². The zero-order chi connectivity index (χ0) is 15.5. The number of hydrogen-bond acceptors (Lipinski definition) is 4. The van der Waals surface area contributed by atoms with Crippen molar-refractivity contribution < 1.29 is 14.2 Å². The van der Waals surface area contributed by atoms with Crippen molar-refractivity contribution in [3.05, 3.63) is 53.1 Å². The van der Waals surface area contributed by atoms with Gasteiger partial charge in [-0.05, 0) is 42.3 Å². The van der Waals surface area contributed by atoms with Crippen molar-refractivity contribution in [1.82, 2.24) is 0 Å². The van der Waals surface area contributed by atoms with E-state index >= 15 is 0 Å². The van der Waals surface area contributed by atoms with Crippen molar-refractivity contribution >= 4 is 5.71 Å². The molecule has 0 spiro atoms. The Kier molecular flexibility index (Phi) is 4.00. The van der Waals surface area contributed by atoms with Crippen molar-refractivity contribution in [2.75, 3.05) is 27.9 Å². The molecule has 1 aliphatic heterocycles. The third-order valence-electron chi connectivity index (χ3n) is 3.84. The molecule has 0 unspecified atom stereocenters. The first-order chi connectivity index (χ1) is 10.7. The summed E-state index contributed by atoms with van der Waals surface area (Å²) in [7, 11) is 4.99. The molecular formula is C18H19NO3. The minimum Gasteiger partial charge on any atom is -0.497 e. The zero-order valence-corrected chi connectivity index (χ0v) is 13.1. The average Bonchev–Trinajstić information content (AvgIpc) is 2.60. The smallest absolute Gasteiger partial charge is 0.123 e.